The van der Waals surface area contributed by atoms with Gasteiger partial charge >= 0.3 is 0 Å². The number of methoxy groups -OCH3 is 1. The fourth-order valence-electron chi connectivity index (χ4n) is 3.09. The highest BCUT2D eigenvalue weighted by Gasteiger charge is 2.28. The number of rotatable bonds is 6. The van der Waals surface area contributed by atoms with Crippen LogP contribution in [0.15, 0.2) is 24.3 Å². The van der Waals surface area contributed by atoms with Gasteiger partial charge in [0, 0.05) is 18.6 Å². The molecule has 134 valence electrons. The van der Waals surface area contributed by atoms with Gasteiger partial charge < -0.3 is 4.74 Å². The van der Waals surface area contributed by atoms with Crippen LogP contribution in [0.2, 0.25) is 0 Å². The Balaban J connectivity index is 1.81. The second kappa shape index (κ2) is 8.49. The average Bonchev–Trinajstić information content (AvgIpc) is 3.13. The molecule has 0 spiro atoms. The van der Waals surface area contributed by atoms with Crippen molar-refractivity contribution in [2.24, 2.45) is 5.92 Å². The van der Waals surface area contributed by atoms with Crippen molar-refractivity contribution in [3.05, 3.63) is 30.1 Å². The van der Waals surface area contributed by atoms with E-state index < -0.39 is 0 Å². The Morgan fingerprint density at radius 1 is 1.24 bits per heavy atom. The molecule has 1 saturated carbocycles. The molecule has 0 aliphatic heterocycles. The number of carbonyl (C=O) groups excluding carboxylic acids is 1. The molecule has 1 aromatic heterocycles. The van der Waals surface area contributed by atoms with Crippen LogP contribution in [0.25, 0.3) is 10.6 Å². The Hall–Kier alpha value is -1.86. The summed E-state index contributed by atoms with van der Waals surface area (Å²) in [6.45, 7) is 0.911. The van der Waals surface area contributed by atoms with Crippen LogP contribution in [0.3, 0.4) is 0 Å². The molecule has 5 nitrogen and oxygen atoms in total. The summed E-state index contributed by atoms with van der Waals surface area (Å²) in [5, 5.41) is 9.64. The Bertz CT molecular complexity index is 699. The molecule has 0 N–H and O–H groups in total. The summed E-state index contributed by atoms with van der Waals surface area (Å²) in [6.07, 6.45) is 5.28. The molecule has 2 aromatic rings. The summed E-state index contributed by atoms with van der Waals surface area (Å²) in [6, 6.07) is 6.13. The van der Waals surface area contributed by atoms with Crippen molar-refractivity contribution in [3.63, 3.8) is 0 Å². The molecule has 1 heterocycles. The third kappa shape index (κ3) is 4.41. The van der Waals surface area contributed by atoms with Crippen molar-refractivity contribution in [1.82, 2.24) is 10.2 Å². The normalized spacial score (nSPS) is 15.3. The van der Waals surface area contributed by atoms with E-state index in [0.29, 0.717) is 23.3 Å². The van der Waals surface area contributed by atoms with Crippen LogP contribution in [0.5, 0.6) is 0 Å². The first-order valence-electron chi connectivity index (χ1n) is 8.59. The number of hydrogen-bond acceptors (Lipinski definition) is 5. The highest BCUT2D eigenvalue weighted by atomic mass is 32.1. The van der Waals surface area contributed by atoms with Gasteiger partial charge in [0.2, 0.25) is 11.0 Å². The SMILES string of the molecule is COCCN(C(=O)C1CCCCC1)c1nnc(-c2ccc(F)cc2)s1. The van der Waals surface area contributed by atoms with Crippen LogP contribution >= 0.6 is 11.3 Å². The molecule has 7 heteroatoms. The molecule has 3 rings (SSSR count). The van der Waals surface area contributed by atoms with Crippen molar-refractivity contribution in [1.29, 1.82) is 0 Å². The highest BCUT2D eigenvalue weighted by molar-refractivity contribution is 7.18. The van der Waals surface area contributed by atoms with Crippen molar-refractivity contribution < 1.29 is 13.9 Å². The lowest BCUT2D eigenvalue weighted by Crippen LogP contribution is -2.39. The van der Waals surface area contributed by atoms with E-state index in [9.17, 15) is 9.18 Å². The lowest BCUT2D eigenvalue weighted by molar-refractivity contribution is -0.123. The average molecular weight is 363 g/mol. The van der Waals surface area contributed by atoms with Gasteiger partial charge in [-0.2, -0.15) is 0 Å². The minimum absolute atomic E-state index is 0.0591. The predicted molar refractivity (Wildman–Crippen MR) is 96.1 cm³/mol. The van der Waals surface area contributed by atoms with Gasteiger partial charge in [-0.1, -0.05) is 30.6 Å². The molecule has 0 radical (unpaired) electrons. The van der Waals surface area contributed by atoms with Crippen molar-refractivity contribution in [2.45, 2.75) is 32.1 Å². The van der Waals surface area contributed by atoms with Gasteiger partial charge in [0.05, 0.1) is 13.2 Å². The minimum Gasteiger partial charge on any atom is -0.383 e. The molecule has 25 heavy (non-hydrogen) atoms. The topological polar surface area (TPSA) is 55.3 Å². The van der Waals surface area contributed by atoms with E-state index >= 15 is 0 Å². The molecule has 1 aromatic carbocycles. The predicted octanol–water partition coefficient (Wildman–Crippen LogP) is 3.90. The van der Waals surface area contributed by atoms with E-state index in [1.54, 1.807) is 24.1 Å². The number of aromatic nitrogens is 2. The number of nitrogens with zero attached hydrogens (tertiary/aromatic N) is 3. The van der Waals surface area contributed by atoms with Gasteiger partial charge in [-0.25, -0.2) is 4.39 Å². The Morgan fingerprint density at radius 3 is 2.64 bits per heavy atom. The second-order valence-electron chi connectivity index (χ2n) is 6.21. The van der Waals surface area contributed by atoms with Crippen LogP contribution in [-0.2, 0) is 9.53 Å². The Labute approximate surface area is 150 Å². The molecular weight excluding hydrogens is 341 g/mol. The summed E-state index contributed by atoms with van der Waals surface area (Å²) < 4.78 is 18.2. The molecule has 0 bridgehead atoms. The minimum atomic E-state index is -0.289. The number of hydrogen-bond donors (Lipinski definition) is 0. The molecular formula is C18H22FN3O2S. The van der Waals surface area contributed by atoms with E-state index in [-0.39, 0.29) is 17.6 Å². The van der Waals surface area contributed by atoms with Gasteiger partial charge in [-0.3, -0.25) is 9.69 Å². The van der Waals surface area contributed by atoms with Crippen LogP contribution in [0.4, 0.5) is 9.52 Å². The monoisotopic (exact) mass is 363 g/mol. The first kappa shape index (κ1) is 17.9. The first-order valence-corrected chi connectivity index (χ1v) is 9.40. The zero-order valence-corrected chi connectivity index (χ0v) is 15.1. The molecule has 0 saturated heterocycles. The van der Waals surface area contributed by atoms with Crippen LogP contribution < -0.4 is 4.90 Å². The standard InChI is InChI=1S/C18H22FN3O2S/c1-24-12-11-22(17(23)14-5-3-2-4-6-14)18-21-20-16(25-18)13-7-9-15(19)10-8-13/h7-10,14H,2-6,11-12H2,1H3. The van der Waals surface area contributed by atoms with E-state index in [1.807, 2.05) is 0 Å². The van der Waals surface area contributed by atoms with E-state index in [0.717, 1.165) is 31.2 Å². The van der Waals surface area contributed by atoms with Gasteiger partial charge in [0.15, 0.2) is 0 Å². The van der Waals surface area contributed by atoms with Crippen molar-refractivity contribution >= 4 is 22.4 Å². The third-order valence-corrected chi connectivity index (χ3v) is 5.47. The van der Waals surface area contributed by atoms with Crippen LogP contribution in [-0.4, -0.2) is 36.4 Å². The summed E-state index contributed by atoms with van der Waals surface area (Å²) in [4.78, 5) is 14.7. The maximum atomic E-state index is 13.1. The maximum Gasteiger partial charge on any atom is 0.232 e. The largest absolute Gasteiger partial charge is 0.383 e. The number of benzene rings is 1. The molecule has 1 amide bonds. The Kier molecular flexibility index (Phi) is 6.09. The number of anilines is 1. The first-order chi connectivity index (χ1) is 12.2. The van der Waals surface area contributed by atoms with E-state index in [4.69, 9.17) is 4.74 Å². The summed E-state index contributed by atoms with van der Waals surface area (Å²) in [5.41, 5.74) is 0.793. The lowest BCUT2D eigenvalue weighted by atomic mass is 9.88. The Morgan fingerprint density at radius 2 is 1.96 bits per heavy atom. The zero-order chi connectivity index (χ0) is 17.6. The lowest BCUT2D eigenvalue weighted by Gasteiger charge is -2.27. The fraction of sp³-hybridized carbons (Fsp3) is 0.500. The van der Waals surface area contributed by atoms with Crippen molar-refractivity contribution in [3.8, 4) is 10.6 Å². The molecule has 0 atom stereocenters. The van der Waals surface area contributed by atoms with E-state index in [2.05, 4.69) is 10.2 Å². The van der Waals surface area contributed by atoms with Crippen LogP contribution in [0, 0.1) is 11.7 Å². The zero-order valence-electron chi connectivity index (χ0n) is 14.3. The summed E-state index contributed by atoms with van der Waals surface area (Å²) in [5.74, 6) is -0.120. The molecule has 1 aliphatic carbocycles. The van der Waals surface area contributed by atoms with Crippen molar-refractivity contribution in [2.75, 3.05) is 25.2 Å². The van der Waals surface area contributed by atoms with Gasteiger partial charge in [-0.05, 0) is 37.1 Å². The van der Waals surface area contributed by atoms with E-state index in [1.165, 1.54) is 29.9 Å². The van der Waals surface area contributed by atoms with Crippen LogP contribution in [0.1, 0.15) is 32.1 Å². The fourth-order valence-corrected chi connectivity index (χ4v) is 3.97. The quantitative estimate of drug-likeness (QED) is 0.781. The molecule has 1 fully saturated rings. The number of halogens is 1. The number of amides is 1. The second-order valence-corrected chi connectivity index (χ2v) is 7.17. The maximum absolute atomic E-state index is 13.1. The van der Waals surface area contributed by atoms with Gasteiger partial charge in [0.1, 0.15) is 10.8 Å². The van der Waals surface area contributed by atoms with Gasteiger partial charge in [0.25, 0.3) is 0 Å². The summed E-state index contributed by atoms with van der Waals surface area (Å²) >= 11 is 1.35. The molecule has 1 aliphatic rings. The van der Waals surface area contributed by atoms with Gasteiger partial charge in [-0.15, -0.1) is 10.2 Å². The summed E-state index contributed by atoms with van der Waals surface area (Å²) in [7, 11) is 1.62. The smallest absolute Gasteiger partial charge is 0.232 e. The third-order valence-electron chi connectivity index (χ3n) is 4.48. The highest BCUT2D eigenvalue weighted by Crippen LogP contribution is 2.32. The molecule has 0 unspecified atom stereocenters. The number of carbonyl (C=O) groups is 1. The number of ether oxygens (including phenoxy) is 1.